The number of carbonyl (C=O) groups excluding carboxylic acids is 1. The molecule has 5 rings (SSSR count). The van der Waals surface area contributed by atoms with Crippen LogP contribution in [0.4, 0.5) is 0 Å². The number of pyridine rings is 1. The van der Waals surface area contributed by atoms with E-state index in [1.165, 1.54) is 5.56 Å². The van der Waals surface area contributed by atoms with Crippen LogP contribution in [0.2, 0.25) is 0 Å². The zero-order valence-electron chi connectivity index (χ0n) is 18.4. The third-order valence-electron chi connectivity index (χ3n) is 5.87. The number of phenols is 1. The van der Waals surface area contributed by atoms with Gasteiger partial charge < -0.3 is 15.3 Å². The second-order valence-electron chi connectivity index (χ2n) is 8.22. The van der Waals surface area contributed by atoms with Crippen LogP contribution in [-0.4, -0.2) is 57.3 Å². The minimum Gasteiger partial charge on any atom is -0.508 e. The highest BCUT2D eigenvalue weighted by atomic mass is 16.3. The highest BCUT2D eigenvalue weighted by Gasteiger charge is 2.24. The smallest absolute Gasteiger partial charge is 0.254 e. The summed E-state index contributed by atoms with van der Waals surface area (Å²) >= 11 is 0. The van der Waals surface area contributed by atoms with Crippen molar-refractivity contribution in [3.63, 3.8) is 0 Å². The molecule has 33 heavy (non-hydrogen) atoms. The van der Waals surface area contributed by atoms with E-state index in [9.17, 15) is 9.90 Å². The average molecular weight is 440 g/mol. The standard InChI is InChI=1S/C26H25N5O2/c1-17-2-4-18(5-3-17)6-11-22-24-21(26(33)31-14-12-27-13-15-31)16-23(28-25(24)30-29-22)19-7-9-20(32)10-8-19/h2-11,16,27,32H,12-15H2,1H3,(H,28,29,30)/b11-6+. The molecule has 0 spiro atoms. The number of phenolic OH excluding ortho intramolecular Hbond substituents is 1. The summed E-state index contributed by atoms with van der Waals surface area (Å²) in [5, 5.41) is 21.1. The van der Waals surface area contributed by atoms with E-state index in [4.69, 9.17) is 4.98 Å². The van der Waals surface area contributed by atoms with Crippen molar-refractivity contribution in [2.75, 3.05) is 26.2 Å². The predicted molar refractivity (Wildman–Crippen MR) is 130 cm³/mol. The van der Waals surface area contributed by atoms with E-state index in [1.807, 2.05) is 23.1 Å². The van der Waals surface area contributed by atoms with Gasteiger partial charge in [0.2, 0.25) is 0 Å². The quantitative estimate of drug-likeness (QED) is 0.449. The second-order valence-corrected chi connectivity index (χ2v) is 8.22. The Hall–Kier alpha value is -3.97. The molecule has 1 fully saturated rings. The molecule has 2 aromatic heterocycles. The minimum absolute atomic E-state index is 0.0321. The van der Waals surface area contributed by atoms with Crippen LogP contribution in [0.1, 0.15) is 27.2 Å². The summed E-state index contributed by atoms with van der Waals surface area (Å²) in [6, 6.07) is 16.9. The molecule has 0 unspecified atom stereocenters. The van der Waals surface area contributed by atoms with Gasteiger partial charge in [-0.3, -0.25) is 9.89 Å². The molecule has 1 aliphatic heterocycles. The largest absolute Gasteiger partial charge is 0.508 e. The van der Waals surface area contributed by atoms with E-state index >= 15 is 0 Å². The Kier molecular flexibility index (Phi) is 5.62. The number of aromatic amines is 1. The normalized spacial score (nSPS) is 14.3. The van der Waals surface area contributed by atoms with Gasteiger partial charge in [0, 0.05) is 31.7 Å². The summed E-state index contributed by atoms with van der Waals surface area (Å²) in [5.74, 6) is 0.150. The Bertz CT molecular complexity index is 1320. The molecule has 3 N–H and O–H groups in total. The third kappa shape index (κ3) is 4.36. The number of hydrogen-bond acceptors (Lipinski definition) is 5. The van der Waals surface area contributed by atoms with Gasteiger partial charge in [-0.2, -0.15) is 5.10 Å². The number of H-pyrrole nitrogens is 1. The van der Waals surface area contributed by atoms with Gasteiger partial charge in [-0.05, 0) is 48.9 Å². The van der Waals surface area contributed by atoms with Gasteiger partial charge in [0.15, 0.2) is 5.65 Å². The molecule has 0 saturated carbocycles. The molecule has 1 saturated heterocycles. The number of carbonyl (C=O) groups is 1. The van der Waals surface area contributed by atoms with E-state index in [2.05, 4.69) is 46.7 Å². The van der Waals surface area contributed by atoms with Gasteiger partial charge >= 0.3 is 0 Å². The average Bonchev–Trinajstić information content (AvgIpc) is 3.27. The summed E-state index contributed by atoms with van der Waals surface area (Å²) in [4.78, 5) is 20.2. The number of amides is 1. The lowest BCUT2D eigenvalue weighted by Crippen LogP contribution is -2.46. The zero-order valence-corrected chi connectivity index (χ0v) is 18.4. The van der Waals surface area contributed by atoms with Gasteiger partial charge in [-0.25, -0.2) is 4.98 Å². The number of aromatic nitrogens is 3. The first-order valence-electron chi connectivity index (χ1n) is 11.0. The van der Waals surface area contributed by atoms with Crippen molar-refractivity contribution in [3.05, 3.63) is 77.0 Å². The predicted octanol–water partition coefficient (Wildman–Crippen LogP) is 3.85. The molecule has 0 atom stereocenters. The van der Waals surface area contributed by atoms with Gasteiger partial charge in [0.05, 0.1) is 22.3 Å². The molecule has 3 heterocycles. The molecule has 4 aromatic rings. The summed E-state index contributed by atoms with van der Waals surface area (Å²) in [7, 11) is 0. The highest BCUT2D eigenvalue weighted by Crippen LogP contribution is 2.29. The maximum absolute atomic E-state index is 13.6. The van der Waals surface area contributed by atoms with Crippen molar-refractivity contribution in [3.8, 4) is 17.0 Å². The molecule has 0 aliphatic carbocycles. The van der Waals surface area contributed by atoms with E-state index in [-0.39, 0.29) is 11.7 Å². The Morgan fingerprint density at radius 2 is 1.76 bits per heavy atom. The topological polar surface area (TPSA) is 94.1 Å². The summed E-state index contributed by atoms with van der Waals surface area (Å²) < 4.78 is 0. The summed E-state index contributed by atoms with van der Waals surface area (Å²) in [5.41, 5.74) is 5.53. The van der Waals surface area contributed by atoms with Crippen molar-refractivity contribution < 1.29 is 9.90 Å². The van der Waals surface area contributed by atoms with Gasteiger partial charge in [0.25, 0.3) is 5.91 Å². The Morgan fingerprint density at radius 3 is 2.48 bits per heavy atom. The summed E-state index contributed by atoms with van der Waals surface area (Å²) in [6.45, 7) is 4.92. The lowest BCUT2D eigenvalue weighted by atomic mass is 10.0. The van der Waals surface area contributed by atoms with Crippen LogP contribution in [0.5, 0.6) is 5.75 Å². The maximum atomic E-state index is 13.6. The number of aryl methyl sites for hydroxylation is 1. The molecule has 1 amide bonds. The lowest BCUT2D eigenvalue weighted by molar-refractivity contribution is 0.0737. The van der Waals surface area contributed by atoms with Crippen molar-refractivity contribution in [2.45, 2.75) is 6.92 Å². The molecular weight excluding hydrogens is 414 g/mol. The van der Waals surface area contributed by atoms with Crippen LogP contribution < -0.4 is 5.32 Å². The Morgan fingerprint density at radius 1 is 1.03 bits per heavy atom. The number of piperazine rings is 1. The van der Waals surface area contributed by atoms with E-state index in [0.717, 1.165) is 24.2 Å². The number of nitrogens with one attached hydrogen (secondary N) is 2. The van der Waals surface area contributed by atoms with Crippen LogP contribution >= 0.6 is 0 Å². The Balaban J connectivity index is 1.61. The van der Waals surface area contributed by atoms with Crippen molar-refractivity contribution in [1.29, 1.82) is 0 Å². The zero-order chi connectivity index (χ0) is 22.8. The van der Waals surface area contributed by atoms with Gasteiger partial charge in [-0.1, -0.05) is 35.9 Å². The first kappa shape index (κ1) is 20.9. The first-order chi connectivity index (χ1) is 16.1. The maximum Gasteiger partial charge on any atom is 0.254 e. The number of fused-ring (bicyclic) bond motifs is 1. The van der Waals surface area contributed by atoms with Crippen LogP contribution in [0.25, 0.3) is 34.4 Å². The fourth-order valence-electron chi connectivity index (χ4n) is 4.01. The van der Waals surface area contributed by atoms with Crippen LogP contribution in [0, 0.1) is 6.92 Å². The number of hydrogen-bond donors (Lipinski definition) is 3. The fraction of sp³-hybridized carbons (Fsp3) is 0.192. The highest BCUT2D eigenvalue weighted by molar-refractivity contribution is 6.09. The minimum atomic E-state index is -0.0321. The number of rotatable bonds is 4. The van der Waals surface area contributed by atoms with Crippen molar-refractivity contribution >= 4 is 29.1 Å². The molecule has 7 nitrogen and oxygen atoms in total. The number of nitrogens with zero attached hydrogens (tertiary/aromatic N) is 3. The second kappa shape index (κ2) is 8.88. The monoisotopic (exact) mass is 439 g/mol. The molecule has 0 bridgehead atoms. The van der Waals surface area contributed by atoms with Crippen molar-refractivity contribution in [2.24, 2.45) is 0 Å². The SMILES string of the molecule is Cc1ccc(/C=C/c2n[nH]c3nc(-c4ccc(O)cc4)cc(C(=O)N4CCNCC4)c23)cc1. The molecule has 7 heteroatoms. The van der Waals surface area contributed by atoms with Gasteiger partial charge in [-0.15, -0.1) is 0 Å². The van der Waals surface area contributed by atoms with E-state index < -0.39 is 0 Å². The van der Waals surface area contributed by atoms with Crippen LogP contribution in [-0.2, 0) is 0 Å². The fourth-order valence-corrected chi connectivity index (χ4v) is 4.01. The van der Waals surface area contributed by atoms with E-state index in [0.29, 0.717) is 41.1 Å². The van der Waals surface area contributed by atoms with Gasteiger partial charge in [0.1, 0.15) is 5.75 Å². The summed E-state index contributed by atoms with van der Waals surface area (Å²) in [6.07, 6.45) is 3.90. The van der Waals surface area contributed by atoms with Crippen LogP contribution in [0.15, 0.2) is 54.6 Å². The molecule has 1 aliphatic rings. The molecular formula is C26H25N5O2. The van der Waals surface area contributed by atoms with Crippen LogP contribution in [0.3, 0.4) is 0 Å². The molecule has 166 valence electrons. The number of benzene rings is 2. The third-order valence-corrected chi connectivity index (χ3v) is 5.87. The lowest BCUT2D eigenvalue weighted by Gasteiger charge is -2.27. The Labute approximate surface area is 191 Å². The molecule has 2 aromatic carbocycles. The number of aromatic hydroxyl groups is 1. The molecule has 0 radical (unpaired) electrons. The van der Waals surface area contributed by atoms with Crippen molar-refractivity contribution in [1.82, 2.24) is 25.4 Å². The van der Waals surface area contributed by atoms with E-state index in [1.54, 1.807) is 24.3 Å². The first-order valence-corrected chi connectivity index (χ1v) is 11.0.